The molecule has 1 aliphatic rings. The van der Waals surface area contributed by atoms with Crippen LogP contribution in [-0.4, -0.2) is 36.8 Å². The molecule has 6 nitrogen and oxygen atoms in total. The average Bonchev–Trinajstić information content (AvgIpc) is 2.70. The van der Waals surface area contributed by atoms with Crippen LogP contribution in [-0.2, 0) is 21.2 Å². The Morgan fingerprint density at radius 1 is 1.07 bits per heavy atom. The first kappa shape index (κ1) is 20.4. The fraction of sp³-hybridized carbons (Fsp3) is 0.381. The van der Waals surface area contributed by atoms with E-state index in [-0.39, 0.29) is 18.1 Å². The van der Waals surface area contributed by atoms with Crippen molar-refractivity contribution >= 4 is 21.6 Å². The molecule has 28 heavy (non-hydrogen) atoms. The number of carbonyl (C=O) groups is 1. The molecule has 1 saturated heterocycles. The van der Waals surface area contributed by atoms with Gasteiger partial charge in [0, 0.05) is 19.5 Å². The maximum Gasteiger partial charge on any atom is 0.243 e. The van der Waals surface area contributed by atoms with Crippen molar-refractivity contribution in [1.82, 2.24) is 4.31 Å². The quantitative estimate of drug-likeness (QED) is 0.725. The number of rotatable bonds is 6. The van der Waals surface area contributed by atoms with E-state index in [2.05, 4.69) is 5.32 Å². The van der Waals surface area contributed by atoms with Crippen molar-refractivity contribution in [3.8, 4) is 5.75 Å². The summed E-state index contributed by atoms with van der Waals surface area (Å²) < 4.78 is 26.9. The molecule has 0 aliphatic carbocycles. The highest BCUT2D eigenvalue weighted by molar-refractivity contribution is 7.89. The second kappa shape index (κ2) is 8.75. The molecule has 150 valence electrons. The van der Waals surface area contributed by atoms with Crippen molar-refractivity contribution in [3.05, 3.63) is 53.6 Å². The van der Waals surface area contributed by atoms with Gasteiger partial charge in [0.1, 0.15) is 5.75 Å². The number of carbonyl (C=O) groups excluding carboxylic acids is 1. The first-order valence-electron chi connectivity index (χ1n) is 9.55. The van der Waals surface area contributed by atoms with Crippen LogP contribution in [0.2, 0.25) is 0 Å². The first-order chi connectivity index (χ1) is 13.4. The number of hydrogen-bond donors (Lipinski definition) is 2. The van der Waals surface area contributed by atoms with E-state index < -0.39 is 10.0 Å². The number of amides is 1. The van der Waals surface area contributed by atoms with Crippen LogP contribution in [0.1, 0.15) is 36.8 Å². The Labute approximate surface area is 166 Å². The zero-order chi connectivity index (χ0) is 20.1. The molecular weight excluding hydrogens is 376 g/mol. The summed E-state index contributed by atoms with van der Waals surface area (Å²) in [6.07, 6.45) is 3.62. The van der Waals surface area contributed by atoms with E-state index in [4.69, 9.17) is 0 Å². The lowest BCUT2D eigenvalue weighted by Crippen LogP contribution is -2.35. The van der Waals surface area contributed by atoms with Gasteiger partial charge in [0.15, 0.2) is 0 Å². The molecule has 3 rings (SSSR count). The van der Waals surface area contributed by atoms with Crippen molar-refractivity contribution in [2.24, 2.45) is 0 Å². The van der Waals surface area contributed by atoms with Gasteiger partial charge in [-0.3, -0.25) is 4.79 Å². The fourth-order valence-corrected chi connectivity index (χ4v) is 4.82. The molecule has 1 amide bonds. The topological polar surface area (TPSA) is 86.7 Å². The molecule has 0 saturated carbocycles. The molecule has 2 aromatic rings. The van der Waals surface area contributed by atoms with Gasteiger partial charge in [0.05, 0.1) is 10.6 Å². The smallest absolute Gasteiger partial charge is 0.243 e. The summed E-state index contributed by atoms with van der Waals surface area (Å²) in [4.78, 5) is 12.5. The SMILES string of the molecule is Cc1ccc(O)c(NC(=O)CCc2ccc(S(=O)(=O)N3CCCCC3)cc2)c1. The van der Waals surface area contributed by atoms with Crippen LogP contribution < -0.4 is 5.32 Å². The zero-order valence-electron chi connectivity index (χ0n) is 16.0. The second-order valence-corrected chi connectivity index (χ2v) is 9.12. The highest BCUT2D eigenvalue weighted by atomic mass is 32.2. The molecule has 2 N–H and O–H groups in total. The minimum atomic E-state index is -3.43. The van der Waals surface area contributed by atoms with Gasteiger partial charge in [0.25, 0.3) is 0 Å². The Morgan fingerprint density at radius 2 is 1.75 bits per heavy atom. The van der Waals surface area contributed by atoms with Gasteiger partial charge >= 0.3 is 0 Å². The lowest BCUT2D eigenvalue weighted by Gasteiger charge is -2.25. The number of hydrogen-bond acceptors (Lipinski definition) is 4. The van der Waals surface area contributed by atoms with Gasteiger partial charge in [-0.25, -0.2) is 8.42 Å². The van der Waals surface area contributed by atoms with Gasteiger partial charge in [-0.05, 0) is 61.6 Å². The Kier molecular flexibility index (Phi) is 6.36. The molecule has 0 unspecified atom stereocenters. The lowest BCUT2D eigenvalue weighted by molar-refractivity contribution is -0.116. The maximum absolute atomic E-state index is 12.7. The number of sulfonamides is 1. The number of phenolic OH excluding ortho intramolecular Hbond substituents is 1. The highest BCUT2D eigenvalue weighted by Crippen LogP contribution is 2.24. The van der Waals surface area contributed by atoms with E-state index in [1.807, 2.05) is 6.92 Å². The van der Waals surface area contributed by atoms with E-state index >= 15 is 0 Å². The number of benzene rings is 2. The molecule has 1 fully saturated rings. The molecule has 7 heteroatoms. The van der Waals surface area contributed by atoms with Crippen LogP contribution in [0.25, 0.3) is 0 Å². The first-order valence-corrected chi connectivity index (χ1v) is 11.0. The van der Waals surface area contributed by atoms with Crippen LogP contribution in [0.3, 0.4) is 0 Å². The maximum atomic E-state index is 12.7. The predicted molar refractivity (Wildman–Crippen MR) is 109 cm³/mol. The number of piperidine rings is 1. The average molecular weight is 403 g/mol. The molecule has 0 spiro atoms. The molecule has 0 radical (unpaired) electrons. The number of nitrogens with zero attached hydrogens (tertiary/aromatic N) is 1. The molecular formula is C21H26N2O4S. The second-order valence-electron chi connectivity index (χ2n) is 7.18. The normalized spacial score (nSPS) is 15.3. The van der Waals surface area contributed by atoms with Crippen LogP contribution in [0, 0.1) is 6.92 Å². The number of aromatic hydroxyl groups is 1. The molecule has 0 bridgehead atoms. The van der Waals surface area contributed by atoms with Gasteiger partial charge in [-0.2, -0.15) is 4.31 Å². The van der Waals surface area contributed by atoms with Crippen molar-refractivity contribution in [2.45, 2.75) is 43.9 Å². The third-order valence-electron chi connectivity index (χ3n) is 4.94. The van der Waals surface area contributed by atoms with E-state index in [9.17, 15) is 18.3 Å². The summed E-state index contributed by atoms with van der Waals surface area (Å²) in [6.45, 7) is 3.04. The Balaban J connectivity index is 1.58. The summed E-state index contributed by atoms with van der Waals surface area (Å²) in [7, 11) is -3.43. The largest absolute Gasteiger partial charge is 0.506 e. The molecule has 1 heterocycles. The Morgan fingerprint density at radius 3 is 2.43 bits per heavy atom. The summed E-state index contributed by atoms with van der Waals surface area (Å²) in [6, 6.07) is 11.8. The number of phenols is 1. The summed E-state index contributed by atoms with van der Waals surface area (Å²) in [5, 5.41) is 12.5. The van der Waals surface area contributed by atoms with Gasteiger partial charge in [0.2, 0.25) is 15.9 Å². The van der Waals surface area contributed by atoms with E-state index in [0.717, 1.165) is 30.4 Å². The number of aryl methyl sites for hydroxylation is 2. The van der Waals surface area contributed by atoms with Crippen molar-refractivity contribution in [3.63, 3.8) is 0 Å². The van der Waals surface area contributed by atoms with Crippen molar-refractivity contribution in [1.29, 1.82) is 0 Å². The summed E-state index contributed by atoms with van der Waals surface area (Å²) in [5.74, 6) is -0.169. The van der Waals surface area contributed by atoms with Gasteiger partial charge in [-0.15, -0.1) is 0 Å². The van der Waals surface area contributed by atoms with Crippen LogP contribution in [0.4, 0.5) is 5.69 Å². The van der Waals surface area contributed by atoms with Gasteiger partial charge < -0.3 is 10.4 Å². The molecule has 1 aliphatic heterocycles. The number of nitrogens with one attached hydrogen (secondary N) is 1. The Bertz CT molecular complexity index is 933. The van der Waals surface area contributed by atoms with E-state index in [1.54, 1.807) is 46.8 Å². The van der Waals surface area contributed by atoms with Gasteiger partial charge in [-0.1, -0.05) is 24.6 Å². The monoisotopic (exact) mass is 402 g/mol. The number of anilines is 1. The predicted octanol–water partition coefficient (Wildman–Crippen LogP) is 3.45. The minimum absolute atomic E-state index is 0.0335. The Hall–Kier alpha value is -2.38. The third-order valence-corrected chi connectivity index (χ3v) is 6.86. The van der Waals surface area contributed by atoms with E-state index in [1.165, 1.54) is 0 Å². The third kappa shape index (κ3) is 4.91. The standard InChI is InChI=1S/C21H26N2O4S/c1-16-5-11-20(24)19(15-16)22-21(25)12-8-17-6-9-18(10-7-17)28(26,27)23-13-3-2-4-14-23/h5-7,9-11,15,24H,2-4,8,12-14H2,1H3,(H,22,25). The fourth-order valence-electron chi connectivity index (χ4n) is 3.30. The summed E-state index contributed by atoms with van der Waals surface area (Å²) >= 11 is 0. The van der Waals surface area contributed by atoms with Crippen LogP contribution in [0.5, 0.6) is 5.75 Å². The molecule has 2 aromatic carbocycles. The van der Waals surface area contributed by atoms with Crippen molar-refractivity contribution < 1.29 is 18.3 Å². The molecule has 0 aromatic heterocycles. The van der Waals surface area contributed by atoms with Crippen molar-refractivity contribution in [2.75, 3.05) is 18.4 Å². The van der Waals surface area contributed by atoms with Crippen LogP contribution in [0.15, 0.2) is 47.4 Å². The zero-order valence-corrected chi connectivity index (χ0v) is 16.8. The van der Waals surface area contributed by atoms with Crippen LogP contribution >= 0.6 is 0 Å². The molecule has 0 atom stereocenters. The minimum Gasteiger partial charge on any atom is -0.506 e. The lowest BCUT2D eigenvalue weighted by atomic mass is 10.1. The summed E-state index contributed by atoms with van der Waals surface area (Å²) in [5.41, 5.74) is 2.23. The van der Waals surface area contributed by atoms with E-state index in [0.29, 0.717) is 30.1 Å². The highest BCUT2D eigenvalue weighted by Gasteiger charge is 2.25.